The number of halogens is 1. The van der Waals surface area contributed by atoms with Crippen LogP contribution in [0.2, 0.25) is 5.02 Å². The highest BCUT2D eigenvalue weighted by molar-refractivity contribution is 7.99. The van der Waals surface area contributed by atoms with Crippen molar-refractivity contribution < 1.29 is 4.79 Å². The maximum Gasteiger partial charge on any atom is 0.233 e. The average molecular weight is 472 g/mol. The van der Waals surface area contributed by atoms with E-state index in [1.807, 2.05) is 92.0 Å². The summed E-state index contributed by atoms with van der Waals surface area (Å²) in [4.78, 5) is 17.1. The third-order valence-electron chi connectivity index (χ3n) is 5.36. The van der Waals surface area contributed by atoms with Gasteiger partial charge in [-0.05, 0) is 64.7 Å². The molecule has 1 atom stereocenters. The van der Waals surface area contributed by atoms with Crippen molar-refractivity contribution in [1.82, 2.24) is 24.6 Å². The second-order valence-corrected chi connectivity index (χ2v) is 9.56. The summed E-state index contributed by atoms with van der Waals surface area (Å²) >= 11 is 7.50. The van der Waals surface area contributed by atoms with Crippen molar-refractivity contribution in [3.8, 4) is 5.69 Å². The maximum absolute atomic E-state index is 13.1. The molecule has 0 aliphatic carbocycles. The van der Waals surface area contributed by atoms with E-state index in [9.17, 15) is 4.79 Å². The van der Waals surface area contributed by atoms with Crippen LogP contribution in [0.5, 0.6) is 0 Å². The zero-order valence-electron chi connectivity index (χ0n) is 19.2. The monoisotopic (exact) mass is 471 g/mol. The SMILES string of the molecule is CC(c1nnc(SCC(=O)N(Cc2ccccc2)C(C)C)n1-c1ccc(Cl)cc1)N(C)C. The third kappa shape index (κ3) is 5.91. The number of carbonyl (C=O) groups excluding carboxylic acids is 1. The Hall–Kier alpha value is -2.35. The van der Waals surface area contributed by atoms with Gasteiger partial charge in [-0.2, -0.15) is 0 Å². The molecule has 0 bridgehead atoms. The predicted octanol–water partition coefficient (Wildman–Crippen LogP) is 5.07. The standard InChI is InChI=1S/C24H30ClN5OS/c1-17(2)29(15-19-9-7-6-8-10-19)22(31)16-32-24-27-26-23(18(3)28(4)5)30(24)21-13-11-20(25)12-14-21/h6-14,17-18H,15-16H2,1-5H3. The minimum Gasteiger partial charge on any atom is -0.335 e. The molecule has 0 spiro atoms. The number of rotatable bonds is 9. The van der Waals surface area contributed by atoms with Crippen molar-refractivity contribution in [2.45, 2.75) is 44.6 Å². The first-order valence-corrected chi connectivity index (χ1v) is 12.0. The van der Waals surface area contributed by atoms with E-state index >= 15 is 0 Å². The Morgan fingerprint density at radius 1 is 1.03 bits per heavy atom. The molecule has 0 fully saturated rings. The quantitative estimate of drug-likeness (QED) is 0.408. The van der Waals surface area contributed by atoms with E-state index in [0.29, 0.717) is 16.7 Å². The second kappa shape index (κ2) is 11.0. The summed E-state index contributed by atoms with van der Waals surface area (Å²) in [5.74, 6) is 1.17. The molecule has 8 heteroatoms. The van der Waals surface area contributed by atoms with Gasteiger partial charge in [0.1, 0.15) is 0 Å². The molecule has 170 valence electrons. The van der Waals surface area contributed by atoms with Crippen LogP contribution in [-0.4, -0.2) is 56.4 Å². The highest BCUT2D eigenvalue weighted by Crippen LogP contribution is 2.28. The molecule has 0 radical (unpaired) electrons. The van der Waals surface area contributed by atoms with Crippen LogP contribution in [0.4, 0.5) is 0 Å². The summed E-state index contributed by atoms with van der Waals surface area (Å²) in [6.07, 6.45) is 0. The highest BCUT2D eigenvalue weighted by Gasteiger charge is 2.23. The summed E-state index contributed by atoms with van der Waals surface area (Å²) in [6, 6.07) is 17.8. The summed E-state index contributed by atoms with van der Waals surface area (Å²) < 4.78 is 2.01. The van der Waals surface area contributed by atoms with Gasteiger partial charge in [0.05, 0.1) is 11.8 Å². The minimum absolute atomic E-state index is 0.0495. The van der Waals surface area contributed by atoms with Crippen molar-refractivity contribution in [1.29, 1.82) is 0 Å². The average Bonchev–Trinajstić information content (AvgIpc) is 3.20. The molecule has 1 amide bonds. The van der Waals surface area contributed by atoms with Crippen LogP contribution in [0.25, 0.3) is 5.69 Å². The van der Waals surface area contributed by atoms with Gasteiger partial charge in [0.15, 0.2) is 11.0 Å². The zero-order valence-corrected chi connectivity index (χ0v) is 20.8. The van der Waals surface area contributed by atoms with Gasteiger partial charge in [-0.15, -0.1) is 10.2 Å². The highest BCUT2D eigenvalue weighted by atomic mass is 35.5. The molecule has 32 heavy (non-hydrogen) atoms. The van der Waals surface area contributed by atoms with Crippen LogP contribution < -0.4 is 0 Å². The smallest absolute Gasteiger partial charge is 0.233 e. The number of aromatic nitrogens is 3. The summed E-state index contributed by atoms with van der Waals surface area (Å²) in [7, 11) is 4.01. The van der Waals surface area contributed by atoms with Gasteiger partial charge in [0, 0.05) is 23.3 Å². The van der Waals surface area contributed by atoms with Crippen LogP contribution in [0.3, 0.4) is 0 Å². The van der Waals surface area contributed by atoms with Gasteiger partial charge >= 0.3 is 0 Å². The maximum atomic E-state index is 13.1. The molecular weight excluding hydrogens is 442 g/mol. The van der Waals surface area contributed by atoms with Crippen molar-refractivity contribution in [3.05, 3.63) is 71.0 Å². The lowest BCUT2D eigenvalue weighted by Crippen LogP contribution is -2.37. The first kappa shape index (κ1) is 24.3. The Bertz CT molecular complexity index is 1020. The Labute approximate surface area is 199 Å². The topological polar surface area (TPSA) is 54.3 Å². The van der Waals surface area contributed by atoms with Gasteiger partial charge in [0.25, 0.3) is 0 Å². The molecule has 2 aromatic carbocycles. The molecule has 0 saturated carbocycles. The van der Waals surface area contributed by atoms with Gasteiger partial charge in [-0.25, -0.2) is 0 Å². The molecule has 0 saturated heterocycles. The van der Waals surface area contributed by atoms with Crippen LogP contribution in [0.1, 0.15) is 38.2 Å². The second-order valence-electron chi connectivity index (χ2n) is 8.18. The first-order valence-electron chi connectivity index (χ1n) is 10.6. The Morgan fingerprint density at radius 2 is 1.69 bits per heavy atom. The molecule has 6 nitrogen and oxygen atoms in total. The number of benzene rings is 2. The molecule has 0 N–H and O–H groups in total. The fourth-order valence-electron chi connectivity index (χ4n) is 3.26. The molecule has 0 aliphatic heterocycles. The van der Waals surface area contributed by atoms with E-state index in [-0.39, 0.29) is 23.7 Å². The van der Waals surface area contributed by atoms with Gasteiger partial charge in [-0.3, -0.25) is 14.3 Å². The van der Waals surface area contributed by atoms with Crippen molar-refractivity contribution in [3.63, 3.8) is 0 Å². The lowest BCUT2D eigenvalue weighted by molar-refractivity contribution is -0.130. The van der Waals surface area contributed by atoms with Gasteiger partial charge in [-0.1, -0.05) is 53.7 Å². The Balaban J connectivity index is 1.83. The number of nitrogens with zero attached hydrogens (tertiary/aromatic N) is 5. The molecule has 1 heterocycles. The lowest BCUT2D eigenvalue weighted by Gasteiger charge is -2.27. The fourth-order valence-corrected chi connectivity index (χ4v) is 4.23. The first-order chi connectivity index (χ1) is 15.3. The van der Waals surface area contributed by atoms with E-state index in [1.165, 1.54) is 11.8 Å². The van der Waals surface area contributed by atoms with Crippen molar-refractivity contribution >= 4 is 29.3 Å². The van der Waals surface area contributed by atoms with Crippen LogP contribution in [-0.2, 0) is 11.3 Å². The Kier molecular flexibility index (Phi) is 8.34. The van der Waals surface area contributed by atoms with Crippen molar-refractivity contribution in [2.75, 3.05) is 19.8 Å². The van der Waals surface area contributed by atoms with Crippen molar-refractivity contribution in [2.24, 2.45) is 0 Å². The molecular formula is C24H30ClN5OS. The summed E-state index contributed by atoms with van der Waals surface area (Å²) in [6.45, 7) is 6.75. The summed E-state index contributed by atoms with van der Waals surface area (Å²) in [5, 5.41) is 10.2. The number of hydrogen-bond acceptors (Lipinski definition) is 5. The van der Waals surface area contributed by atoms with Crippen LogP contribution in [0.15, 0.2) is 59.8 Å². The number of hydrogen-bond donors (Lipinski definition) is 0. The summed E-state index contributed by atoms with van der Waals surface area (Å²) in [5.41, 5.74) is 2.04. The van der Waals surface area contributed by atoms with Crippen LogP contribution in [0, 0.1) is 0 Å². The van der Waals surface area contributed by atoms with E-state index in [4.69, 9.17) is 11.6 Å². The van der Waals surface area contributed by atoms with E-state index in [2.05, 4.69) is 22.0 Å². The largest absolute Gasteiger partial charge is 0.335 e. The third-order valence-corrected chi connectivity index (χ3v) is 6.52. The van der Waals surface area contributed by atoms with Gasteiger partial charge < -0.3 is 4.90 Å². The minimum atomic E-state index is 0.0495. The normalized spacial score (nSPS) is 12.4. The number of amides is 1. The molecule has 1 aromatic heterocycles. The fraction of sp³-hybridized carbons (Fsp3) is 0.375. The lowest BCUT2D eigenvalue weighted by atomic mass is 10.2. The van der Waals surface area contributed by atoms with Crippen LogP contribution >= 0.6 is 23.4 Å². The number of carbonyl (C=O) groups is 1. The van der Waals surface area contributed by atoms with E-state index in [0.717, 1.165) is 17.1 Å². The Morgan fingerprint density at radius 3 is 2.28 bits per heavy atom. The zero-order chi connectivity index (χ0) is 23.3. The predicted molar refractivity (Wildman–Crippen MR) is 131 cm³/mol. The van der Waals surface area contributed by atoms with E-state index in [1.54, 1.807) is 0 Å². The van der Waals surface area contributed by atoms with E-state index < -0.39 is 0 Å². The van der Waals surface area contributed by atoms with Gasteiger partial charge in [0.2, 0.25) is 5.91 Å². The molecule has 3 aromatic rings. The molecule has 0 aliphatic rings. The molecule has 3 rings (SSSR count). The molecule has 1 unspecified atom stereocenters. The number of thioether (sulfide) groups is 1.